The van der Waals surface area contributed by atoms with Crippen molar-refractivity contribution in [2.75, 3.05) is 28.4 Å². The number of aromatic hydroxyl groups is 3. The fourth-order valence-corrected chi connectivity index (χ4v) is 4.22. The lowest BCUT2D eigenvalue weighted by Gasteiger charge is -2.43. The average molecular weight is 564 g/mol. The van der Waals surface area contributed by atoms with Crippen LogP contribution < -0.4 is 14.2 Å². The maximum atomic E-state index is 10.4. The van der Waals surface area contributed by atoms with Gasteiger partial charge in [-0.1, -0.05) is 0 Å². The van der Waals surface area contributed by atoms with Crippen molar-refractivity contribution in [2.45, 2.75) is 39.3 Å². The summed E-state index contributed by atoms with van der Waals surface area (Å²) in [4.78, 5) is 14.4. The van der Waals surface area contributed by atoms with E-state index in [0.29, 0.717) is 33.9 Å². The Hall–Kier alpha value is -4.57. The van der Waals surface area contributed by atoms with Crippen LogP contribution >= 0.6 is 0 Å². The van der Waals surface area contributed by atoms with Crippen LogP contribution in [0.1, 0.15) is 37.5 Å². The van der Waals surface area contributed by atoms with Crippen LogP contribution in [0, 0.1) is 0 Å². The number of hydrogen-bond acceptors (Lipinski definition) is 9. The number of ether oxygens (including phenoxy) is 3. The Bertz CT molecular complexity index is 1250. The second-order valence-corrected chi connectivity index (χ2v) is 9.73. The number of methoxy groups -OCH3 is 3. The van der Waals surface area contributed by atoms with Crippen LogP contribution in [0.4, 0.5) is 0 Å². The number of quaternary nitrogens is 1. The SMILES string of the molecule is COc1ccc(O)c(/C=N/C(C)[N+](C)(C(C)/N=C/c2cc(OC)ccc2O)C(C)/N=C/c2cc(OC)ccc2O)c1. The summed E-state index contributed by atoms with van der Waals surface area (Å²) in [5.41, 5.74) is 1.54. The smallest absolute Gasteiger partial charge is 0.182 e. The zero-order valence-corrected chi connectivity index (χ0v) is 24.5. The van der Waals surface area contributed by atoms with Gasteiger partial charge in [-0.25, -0.2) is 15.0 Å². The number of phenolic OH excluding ortho intramolecular Hbond substituents is 3. The molecule has 3 rings (SSSR count). The molecule has 0 spiro atoms. The maximum absolute atomic E-state index is 10.4. The van der Waals surface area contributed by atoms with E-state index in [1.54, 1.807) is 94.6 Å². The van der Waals surface area contributed by atoms with Crippen LogP contribution in [-0.4, -0.2) is 85.3 Å². The summed E-state index contributed by atoms with van der Waals surface area (Å²) in [5, 5.41) is 31.1. The molecule has 41 heavy (non-hydrogen) atoms. The van der Waals surface area contributed by atoms with Gasteiger partial charge in [-0.2, -0.15) is 0 Å². The van der Waals surface area contributed by atoms with Crippen LogP contribution in [0.2, 0.25) is 0 Å². The monoisotopic (exact) mass is 563 g/mol. The fourth-order valence-electron chi connectivity index (χ4n) is 4.22. The molecule has 0 amide bonds. The summed E-state index contributed by atoms with van der Waals surface area (Å²) in [6.07, 6.45) is 3.64. The summed E-state index contributed by atoms with van der Waals surface area (Å²) in [6.45, 7) is 5.83. The summed E-state index contributed by atoms with van der Waals surface area (Å²) >= 11 is 0. The highest BCUT2D eigenvalue weighted by molar-refractivity contribution is 5.85. The lowest BCUT2D eigenvalue weighted by Crippen LogP contribution is -2.60. The molecule has 3 aromatic rings. The molecule has 0 aliphatic carbocycles. The first-order valence-electron chi connectivity index (χ1n) is 13.1. The zero-order valence-electron chi connectivity index (χ0n) is 24.5. The molecule has 0 saturated heterocycles. The van der Waals surface area contributed by atoms with Gasteiger partial charge in [-0.15, -0.1) is 0 Å². The Labute approximate surface area is 241 Å². The summed E-state index contributed by atoms with van der Waals surface area (Å²) in [7, 11) is 6.66. The van der Waals surface area contributed by atoms with Crippen molar-refractivity contribution in [3.8, 4) is 34.5 Å². The minimum atomic E-state index is -0.391. The second kappa shape index (κ2) is 13.7. The Balaban J connectivity index is 2.01. The first kappa shape index (κ1) is 31.0. The molecule has 3 N–H and O–H groups in total. The number of hydrogen-bond donors (Lipinski definition) is 3. The van der Waals surface area contributed by atoms with E-state index in [1.807, 2.05) is 27.8 Å². The van der Waals surface area contributed by atoms with Gasteiger partial charge in [0.2, 0.25) is 0 Å². The van der Waals surface area contributed by atoms with Crippen molar-refractivity contribution >= 4 is 18.6 Å². The molecule has 0 radical (unpaired) electrons. The quantitative estimate of drug-likeness (QED) is 0.211. The van der Waals surface area contributed by atoms with E-state index >= 15 is 0 Å². The van der Waals surface area contributed by atoms with E-state index in [9.17, 15) is 15.3 Å². The highest BCUT2D eigenvalue weighted by Crippen LogP contribution is 2.28. The Kier molecular flexibility index (Phi) is 10.3. The second-order valence-electron chi connectivity index (χ2n) is 9.73. The largest absolute Gasteiger partial charge is 0.507 e. The normalized spacial score (nSPS) is 15.6. The predicted octanol–water partition coefficient (Wildman–Crippen LogP) is 4.97. The Morgan fingerprint density at radius 1 is 0.561 bits per heavy atom. The van der Waals surface area contributed by atoms with Gasteiger partial charge in [0.05, 0.1) is 28.4 Å². The molecule has 3 aromatic carbocycles. The first-order chi connectivity index (χ1) is 19.5. The third-order valence-electron chi connectivity index (χ3n) is 7.41. The van der Waals surface area contributed by atoms with Gasteiger partial charge in [0.15, 0.2) is 18.5 Å². The van der Waals surface area contributed by atoms with Gasteiger partial charge in [-0.05, 0) is 54.6 Å². The van der Waals surface area contributed by atoms with E-state index in [-0.39, 0.29) is 21.7 Å². The van der Waals surface area contributed by atoms with Gasteiger partial charge in [0, 0.05) is 56.1 Å². The summed E-state index contributed by atoms with van der Waals surface area (Å²) in [5.74, 6) is 2.03. The van der Waals surface area contributed by atoms with Gasteiger partial charge < -0.3 is 29.5 Å². The molecule has 10 nitrogen and oxygen atoms in total. The molecule has 0 bridgehead atoms. The maximum Gasteiger partial charge on any atom is 0.182 e. The Morgan fingerprint density at radius 3 is 1.07 bits per heavy atom. The van der Waals surface area contributed by atoms with Crippen molar-refractivity contribution in [3.05, 3.63) is 71.3 Å². The minimum absolute atomic E-state index is 0.0788. The first-order valence-corrected chi connectivity index (χ1v) is 13.1. The highest BCUT2D eigenvalue weighted by atomic mass is 16.5. The molecule has 0 heterocycles. The van der Waals surface area contributed by atoms with Gasteiger partial charge in [0.1, 0.15) is 34.5 Å². The van der Waals surface area contributed by atoms with E-state index < -0.39 is 18.5 Å². The van der Waals surface area contributed by atoms with Crippen molar-refractivity contribution < 1.29 is 34.0 Å². The average Bonchev–Trinajstić information content (AvgIpc) is 2.98. The van der Waals surface area contributed by atoms with Crippen LogP contribution in [0.15, 0.2) is 69.6 Å². The van der Waals surface area contributed by atoms with Crippen molar-refractivity contribution in [1.82, 2.24) is 0 Å². The topological polar surface area (TPSA) is 125 Å². The number of benzene rings is 3. The summed E-state index contributed by atoms with van der Waals surface area (Å²) in [6, 6.07) is 14.8. The third-order valence-corrected chi connectivity index (χ3v) is 7.41. The van der Waals surface area contributed by atoms with E-state index in [4.69, 9.17) is 29.2 Å². The molecule has 218 valence electrons. The van der Waals surface area contributed by atoms with E-state index in [1.165, 1.54) is 0 Å². The molecule has 0 fully saturated rings. The number of aliphatic imine (C=N–C) groups is 3. The molecular formula is C31H39N4O6+. The van der Waals surface area contributed by atoms with Crippen LogP contribution in [0.3, 0.4) is 0 Å². The van der Waals surface area contributed by atoms with Gasteiger partial charge in [-0.3, -0.25) is 4.48 Å². The Morgan fingerprint density at radius 2 is 0.829 bits per heavy atom. The molecular weight excluding hydrogens is 524 g/mol. The minimum Gasteiger partial charge on any atom is -0.507 e. The molecule has 0 aliphatic heterocycles. The number of phenols is 3. The van der Waals surface area contributed by atoms with Crippen molar-refractivity contribution in [3.63, 3.8) is 0 Å². The molecule has 10 heteroatoms. The van der Waals surface area contributed by atoms with E-state index in [2.05, 4.69) is 0 Å². The zero-order chi connectivity index (χ0) is 30.2. The van der Waals surface area contributed by atoms with Crippen LogP contribution in [0.5, 0.6) is 34.5 Å². The lowest BCUT2D eigenvalue weighted by molar-refractivity contribution is -0.971. The van der Waals surface area contributed by atoms with Gasteiger partial charge >= 0.3 is 0 Å². The number of nitrogens with zero attached hydrogens (tertiary/aromatic N) is 4. The standard InChI is InChI=1S/C31H38N4O6/c1-20(32-17-23-14-26(39-5)8-11-29(23)36)35(4,21(2)33-18-24-15-27(40-6)9-12-30(24)37)22(3)34-19-25-16-28(41-7)10-13-31(25)38/h8-22H,1-7H3,(H2-,32,33,34,36,37,38)/p+1. The molecule has 0 aromatic heterocycles. The van der Waals surface area contributed by atoms with Crippen LogP contribution in [0.25, 0.3) is 0 Å². The molecule has 0 aliphatic rings. The van der Waals surface area contributed by atoms with Gasteiger partial charge in [0.25, 0.3) is 0 Å². The highest BCUT2D eigenvalue weighted by Gasteiger charge is 2.40. The summed E-state index contributed by atoms with van der Waals surface area (Å²) < 4.78 is 16.1. The molecule has 3 unspecified atom stereocenters. The number of rotatable bonds is 12. The lowest BCUT2D eigenvalue weighted by atomic mass is 10.2. The van der Waals surface area contributed by atoms with Crippen molar-refractivity contribution in [1.29, 1.82) is 0 Å². The van der Waals surface area contributed by atoms with Crippen LogP contribution in [-0.2, 0) is 0 Å². The predicted molar refractivity (Wildman–Crippen MR) is 161 cm³/mol. The molecule has 3 atom stereocenters. The van der Waals surface area contributed by atoms with E-state index in [0.717, 1.165) is 0 Å². The fraction of sp³-hybridized carbons (Fsp3) is 0.323. The third kappa shape index (κ3) is 7.34. The van der Waals surface area contributed by atoms with Crippen molar-refractivity contribution in [2.24, 2.45) is 15.0 Å². The molecule has 0 saturated carbocycles.